The van der Waals surface area contributed by atoms with E-state index in [1.165, 1.54) is 0 Å². The molecule has 0 aromatic heterocycles. The Hall–Kier alpha value is -3.68. The second kappa shape index (κ2) is 20.5. The fraction of sp³-hybridized carbons (Fsp3) is 0.478. The molecule has 0 aromatic rings. The smallest absolute Gasteiger partial charge is 0.175 e. The number of carbonyl (C=O) groups excluding carboxylic acids is 2. The van der Waals surface area contributed by atoms with Gasteiger partial charge >= 0.3 is 0 Å². The van der Waals surface area contributed by atoms with Gasteiger partial charge in [-0.3, -0.25) is 19.4 Å². The third-order valence-corrected chi connectivity index (χ3v) is 10.3. The quantitative estimate of drug-likeness (QED) is 0.156. The van der Waals surface area contributed by atoms with E-state index in [1.807, 2.05) is 62.0 Å². The molecule has 0 aliphatic heterocycles. The van der Waals surface area contributed by atoms with Gasteiger partial charge in [0.2, 0.25) is 0 Å². The van der Waals surface area contributed by atoms with E-state index in [0.717, 1.165) is 57.4 Å². The molecule has 2 N–H and O–H groups in total. The lowest BCUT2D eigenvalue weighted by Gasteiger charge is -2.40. The van der Waals surface area contributed by atoms with Gasteiger partial charge in [-0.2, -0.15) is 0 Å². The van der Waals surface area contributed by atoms with Gasteiger partial charge in [-0.1, -0.05) is 135 Å². The lowest BCUT2D eigenvalue weighted by Crippen LogP contribution is -2.46. The van der Waals surface area contributed by atoms with Crippen molar-refractivity contribution in [3.05, 3.63) is 130 Å². The minimum absolute atomic E-state index is 0.0448. The highest BCUT2D eigenvalue weighted by Crippen LogP contribution is 2.42. The molecule has 52 heavy (non-hydrogen) atoms. The molecule has 2 unspecified atom stereocenters. The van der Waals surface area contributed by atoms with Crippen molar-refractivity contribution in [3.8, 4) is 0 Å². The molecule has 6 nitrogen and oxygen atoms in total. The summed E-state index contributed by atoms with van der Waals surface area (Å²) >= 11 is 0. The zero-order chi connectivity index (χ0) is 39.2. The summed E-state index contributed by atoms with van der Waals surface area (Å²) in [6.07, 6.45) is 30.4. The molecule has 0 radical (unpaired) electrons. The summed E-state index contributed by atoms with van der Waals surface area (Å²) < 4.78 is 0. The molecule has 284 valence electrons. The number of hydrogen-bond acceptors (Lipinski definition) is 6. The lowest BCUT2D eigenvalue weighted by molar-refractivity contribution is -0.122. The van der Waals surface area contributed by atoms with E-state index in [2.05, 4.69) is 116 Å². The van der Waals surface area contributed by atoms with Crippen LogP contribution in [0.5, 0.6) is 0 Å². The van der Waals surface area contributed by atoms with Gasteiger partial charge in [0, 0.05) is 13.1 Å². The SMILES string of the molecule is CC1=C(/C=C/C(C)=C/C=C/C(C)=C/C=C/C=C(C)/C=C/C=C(C)/C=C/C2=C(C)C(=O)C(N(C)CCO)CC2(C)C)C(C)(C)CC(N(C)CCO)C1=O. The van der Waals surface area contributed by atoms with E-state index in [0.29, 0.717) is 13.1 Å². The number of hydrogen-bond donors (Lipinski definition) is 2. The summed E-state index contributed by atoms with van der Waals surface area (Å²) in [5.74, 6) is 0.292. The Balaban J connectivity index is 1.99. The molecule has 2 rings (SSSR count). The topological polar surface area (TPSA) is 81.1 Å². The number of nitrogens with zero attached hydrogens (tertiary/aromatic N) is 2. The lowest BCUT2D eigenvalue weighted by atomic mass is 9.69. The monoisotopic (exact) mass is 711 g/mol. The average molecular weight is 711 g/mol. The van der Waals surface area contributed by atoms with E-state index in [4.69, 9.17) is 0 Å². The Morgan fingerprint density at radius 2 is 0.904 bits per heavy atom. The van der Waals surface area contributed by atoms with E-state index in [9.17, 15) is 19.8 Å². The molecule has 0 saturated carbocycles. The maximum absolute atomic E-state index is 13.1. The Kier molecular flexibility index (Phi) is 17.6. The van der Waals surface area contributed by atoms with Gasteiger partial charge in [0.15, 0.2) is 11.6 Å². The van der Waals surface area contributed by atoms with Crippen molar-refractivity contribution < 1.29 is 19.8 Å². The molecule has 0 heterocycles. The van der Waals surface area contributed by atoms with Gasteiger partial charge in [0.1, 0.15) is 0 Å². The number of aliphatic hydroxyl groups is 2. The number of allylic oxidation sites excluding steroid dienone is 20. The van der Waals surface area contributed by atoms with E-state index >= 15 is 0 Å². The molecule has 0 saturated heterocycles. The van der Waals surface area contributed by atoms with Crippen LogP contribution in [0.3, 0.4) is 0 Å². The van der Waals surface area contributed by atoms with Crippen molar-refractivity contribution in [2.24, 2.45) is 10.8 Å². The van der Waals surface area contributed by atoms with Gasteiger partial charge < -0.3 is 10.2 Å². The van der Waals surface area contributed by atoms with Crippen LogP contribution in [0.25, 0.3) is 0 Å². The Labute approximate surface area is 315 Å². The van der Waals surface area contributed by atoms with Crippen LogP contribution in [-0.4, -0.2) is 84.1 Å². The third kappa shape index (κ3) is 13.1. The molecule has 2 aliphatic rings. The van der Waals surface area contributed by atoms with Gasteiger partial charge in [-0.15, -0.1) is 0 Å². The first-order valence-corrected chi connectivity index (χ1v) is 18.6. The van der Waals surface area contributed by atoms with Crippen LogP contribution in [0.1, 0.15) is 82.1 Å². The fourth-order valence-electron chi connectivity index (χ4n) is 6.96. The molecule has 6 heteroatoms. The van der Waals surface area contributed by atoms with Crippen LogP contribution in [0.4, 0.5) is 0 Å². The van der Waals surface area contributed by atoms with Crippen molar-refractivity contribution in [3.63, 3.8) is 0 Å². The maximum Gasteiger partial charge on any atom is 0.175 e. The second-order valence-electron chi connectivity index (χ2n) is 15.8. The van der Waals surface area contributed by atoms with E-state index in [-0.39, 0.29) is 47.7 Å². The number of Topliss-reactive ketones (excluding diaryl/α,β-unsaturated/α-hetero) is 2. The normalized spacial score (nSPS) is 22.8. The average Bonchev–Trinajstić information content (AvgIpc) is 3.06. The summed E-state index contributed by atoms with van der Waals surface area (Å²) in [5.41, 5.74) is 7.95. The van der Waals surface area contributed by atoms with Gasteiger partial charge in [-0.25, -0.2) is 0 Å². The Morgan fingerprint density at radius 1 is 0.596 bits per heavy atom. The highest BCUT2D eigenvalue weighted by molar-refractivity contribution is 6.02. The van der Waals surface area contributed by atoms with Crippen LogP contribution in [0.2, 0.25) is 0 Å². The molecular weight excluding hydrogens is 645 g/mol. The Morgan fingerprint density at radius 3 is 1.23 bits per heavy atom. The van der Waals surface area contributed by atoms with Crippen LogP contribution in [0.15, 0.2) is 130 Å². The zero-order valence-corrected chi connectivity index (χ0v) is 34.1. The number of rotatable bonds is 16. The number of likely N-dealkylation sites (N-methyl/N-ethyl adjacent to an activating group) is 2. The molecule has 0 aromatic carbocycles. The minimum Gasteiger partial charge on any atom is -0.395 e. The number of carbonyl (C=O) groups is 2. The molecule has 2 atom stereocenters. The third-order valence-electron chi connectivity index (χ3n) is 10.3. The van der Waals surface area contributed by atoms with Gasteiger partial charge in [0.05, 0.1) is 25.3 Å². The summed E-state index contributed by atoms with van der Waals surface area (Å²) in [4.78, 5) is 30.1. The predicted octanol–water partition coefficient (Wildman–Crippen LogP) is 8.77. The zero-order valence-electron chi connectivity index (χ0n) is 34.1. The molecular formula is C46H66N2O4. The summed E-state index contributed by atoms with van der Waals surface area (Å²) in [5, 5.41) is 18.7. The van der Waals surface area contributed by atoms with E-state index < -0.39 is 0 Å². The van der Waals surface area contributed by atoms with Crippen LogP contribution >= 0.6 is 0 Å². The standard InChI is InChI=1S/C46H66N2O4/c1-33(19-15-21-35(3)23-25-39-37(5)43(51)41(31-45(39,7)8)47(11)27-29-49)17-13-14-18-34(2)20-16-22-36(4)24-26-40-38(6)44(52)42(32-46(40,9)10)48(12)28-30-50/h13-26,41-42,49-50H,27-32H2,1-12H3/b14-13+,19-15+,20-16+,25-23+,26-24+,33-17+,34-18+,35-21+,36-22+. The predicted molar refractivity (Wildman–Crippen MR) is 220 cm³/mol. The first-order chi connectivity index (χ1) is 24.4. The molecule has 2 aliphatic carbocycles. The summed E-state index contributed by atoms with van der Waals surface area (Å²) in [7, 11) is 3.82. The first kappa shape index (κ1) is 44.5. The molecule has 0 fully saturated rings. The maximum atomic E-state index is 13.1. The van der Waals surface area contributed by atoms with Crippen molar-refractivity contribution in [1.29, 1.82) is 0 Å². The number of ketones is 2. The van der Waals surface area contributed by atoms with Crippen molar-refractivity contribution >= 4 is 11.6 Å². The summed E-state index contributed by atoms with van der Waals surface area (Å²) in [6.45, 7) is 21.9. The fourth-order valence-corrected chi connectivity index (χ4v) is 6.96. The van der Waals surface area contributed by atoms with Gasteiger partial charge in [0.25, 0.3) is 0 Å². The van der Waals surface area contributed by atoms with Crippen molar-refractivity contribution in [2.75, 3.05) is 40.4 Å². The van der Waals surface area contributed by atoms with Crippen molar-refractivity contribution in [2.45, 2.75) is 94.2 Å². The minimum atomic E-state index is -0.197. The molecule has 0 bridgehead atoms. The van der Waals surface area contributed by atoms with Crippen LogP contribution in [-0.2, 0) is 9.59 Å². The second-order valence-corrected chi connectivity index (χ2v) is 15.8. The highest BCUT2D eigenvalue weighted by atomic mass is 16.3. The Bertz CT molecular complexity index is 1510. The first-order valence-electron chi connectivity index (χ1n) is 18.6. The van der Waals surface area contributed by atoms with Crippen LogP contribution < -0.4 is 0 Å². The van der Waals surface area contributed by atoms with E-state index in [1.54, 1.807) is 0 Å². The largest absolute Gasteiger partial charge is 0.395 e. The number of aliphatic hydroxyl groups excluding tert-OH is 2. The highest BCUT2D eigenvalue weighted by Gasteiger charge is 2.40. The molecule has 0 spiro atoms. The van der Waals surface area contributed by atoms with Crippen molar-refractivity contribution in [1.82, 2.24) is 9.80 Å². The van der Waals surface area contributed by atoms with Gasteiger partial charge in [-0.05, 0) is 102 Å². The summed E-state index contributed by atoms with van der Waals surface area (Å²) in [6, 6.07) is -0.394. The van der Waals surface area contributed by atoms with Crippen LogP contribution in [0, 0.1) is 10.8 Å². The molecule has 0 amide bonds.